The predicted molar refractivity (Wildman–Crippen MR) is 79.7 cm³/mol. The molecule has 0 saturated carbocycles. The Morgan fingerprint density at radius 1 is 0.950 bits per heavy atom. The molecule has 0 aliphatic carbocycles. The number of benzene rings is 2. The van der Waals surface area contributed by atoms with Crippen LogP contribution in [-0.4, -0.2) is 35.0 Å². The molecule has 0 atom stereocenters. The Labute approximate surface area is 116 Å². The van der Waals surface area contributed by atoms with Gasteiger partial charge in [0.25, 0.3) is 0 Å². The van der Waals surface area contributed by atoms with Crippen LogP contribution in [0.25, 0.3) is 22.1 Å². The lowest BCUT2D eigenvalue weighted by atomic mass is 10.2. The third kappa shape index (κ3) is 2.25. The molecule has 2 amide bonds. The van der Waals surface area contributed by atoms with Gasteiger partial charge in [0.05, 0.1) is 22.1 Å². The molecule has 1 N–H and O–H groups in total. The number of nitrogens with one attached hydrogen (secondary N) is 1. The molecule has 3 aromatic rings. The fourth-order valence-electron chi connectivity index (χ4n) is 1.93. The number of hydrogen-bond donors (Lipinski definition) is 1. The van der Waals surface area contributed by atoms with Crippen LogP contribution in [-0.2, 0) is 0 Å². The van der Waals surface area contributed by atoms with E-state index < -0.39 is 0 Å². The molecule has 5 nitrogen and oxygen atoms in total. The minimum absolute atomic E-state index is 0.168. The number of rotatable bonds is 1. The van der Waals surface area contributed by atoms with Gasteiger partial charge in [-0.05, 0) is 30.3 Å². The molecule has 0 unspecified atom stereocenters. The van der Waals surface area contributed by atoms with Gasteiger partial charge in [-0.2, -0.15) is 0 Å². The molecule has 0 aliphatic heterocycles. The Morgan fingerprint density at radius 3 is 2.20 bits per heavy atom. The van der Waals surface area contributed by atoms with Crippen molar-refractivity contribution in [1.82, 2.24) is 14.9 Å². The molecule has 0 fully saturated rings. The number of aromatic nitrogens is 2. The van der Waals surface area contributed by atoms with Crippen molar-refractivity contribution in [3.8, 4) is 0 Å². The monoisotopic (exact) mass is 266 g/mol. The van der Waals surface area contributed by atoms with Gasteiger partial charge in [0.2, 0.25) is 0 Å². The highest BCUT2D eigenvalue weighted by Crippen LogP contribution is 2.19. The fraction of sp³-hybridized carbons (Fsp3) is 0.133. The SMILES string of the molecule is CN(C)C(=O)Nc1ccc2nc3ccccc3nc2c1. The van der Waals surface area contributed by atoms with Crippen LogP contribution in [0.4, 0.5) is 10.5 Å². The standard InChI is InChI=1S/C15H14N4O/c1-19(2)15(20)16-10-7-8-13-14(9-10)18-12-6-4-3-5-11(12)17-13/h3-9H,1-2H3,(H,16,20). The van der Waals surface area contributed by atoms with Crippen molar-refractivity contribution in [2.45, 2.75) is 0 Å². The number of urea groups is 1. The van der Waals surface area contributed by atoms with Gasteiger partial charge in [0.1, 0.15) is 0 Å². The van der Waals surface area contributed by atoms with Crippen LogP contribution in [0.5, 0.6) is 0 Å². The average molecular weight is 266 g/mol. The highest BCUT2D eigenvalue weighted by molar-refractivity contribution is 5.93. The minimum Gasteiger partial charge on any atom is -0.331 e. The van der Waals surface area contributed by atoms with Gasteiger partial charge >= 0.3 is 6.03 Å². The molecule has 0 bridgehead atoms. The smallest absolute Gasteiger partial charge is 0.321 e. The summed E-state index contributed by atoms with van der Waals surface area (Å²) < 4.78 is 0. The minimum atomic E-state index is -0.168. The van der Waals surface area contributed by atoms with E-state index in [1.807, 2.05) is 42.5 Å². The zero-order valence-corrected chi connectivity index (χ0v) is 11.3. The van der Waals surface area contributed by atoms with Crippen LogP contribution >= 0.6 is 0 Å². The molecule has 0 aliphatic rings. The van der Waals surface area contributed by atoms with Crippen LogP contribution in [0.3, 0.4) is 0 Å². The third-order valence-electron chi connectivity index (χ3n) is 3.00. The summed E-state index contributed by atoms with van der Waals surface area (Å²) in [6, 6.07) is 13.1. The van der Waals surface area contributed by atoms with Crippen molar-refractivity contribution >= 4 is 33.8 Å². The Hall–Kier alpha value is -2.69. The third-order valence-corrected chi connectivity index (χ3v) is 3.00. The maximum Gasteiger partial charge on any atom is 0.321 e. The largest absolute Gasteiger partial charge is 0.331 e. The molecule has 0 saturated heterocycles. The van der Waals surface area contributed by atoms with Gasteiger partial charge in [0, 0.05) is 19.8 Å². The molecular weight excluding hydrogens is 252 g/mol. The van der Waals surface area contributed by atoms with E-state index in [0.29, 0.717) is 5.69 Å². The van der Waals surface area contributed by atoms with E-state index in [-0.39, 0.29) is 6.03 Å². The number of amides is 2. The van der Waals surface area contributed by atoms with E-state index >= 15 is 0 Å². The molecule has 0 radical (unpaired) electrons. The van der Waals surface area contributed by atoms with Gasteiger partial charge in [0.15, 0.2) is 0 Å². The van der Waals surface area contributed by atoms with Crippen molar-refractivity contribution in [3.05, 3.63) is 42.5 Å². The topological polar surface area (TPSA) is 58.1 Å². The van der Waals surface area contributed by atoms with Crippen LogP contribution in [0, 0.1) is 0 Å². The zero-order valence-electron chi connectivity index (χ0n) is 11.3. The fourth-order valence-corrected chi connectivity index (χ4v) is 1.93. The van der Waals surface area contributed by atoms with E-state index in [4.69, 9.17) is 0 Å². The van der Waals surface area contributed by atoms with Crippen LogP contribution in [0.15, 0.2) is 42.5 Å². The zero-order chi connectivity index (χ0) is 14.1. The Morgan fingerprint density at radius 2 is 1.55 bits per heavy atom. The van der Waals surface area contributed by atoms with Gasteiger partial charge in [-0.1, -0.05) is 12.1 Å². The number of anilines is 1. The van der Waals surface area contributed by atoms with Gasteiger partial charge in [-0.3, -0.25) is 0 Å². The van der Waals surface area contributed by atoms with Crippen molar-refractivity contribution in [2.75, 3.05) is 19.4 Å². The number of para-hydroxylation sites is 2. The van der Waals surface area contributed by atoms with Crippen LogP contribution < -0.4 is 5.32 Å². The second-order valence-electron chi connectivity index (χ2n) is 4.74. The van der Waals surface area contributed by atoms with E-state index in [0.717, 1.165) is 22.1 Å². The highest BCUT2D eigenvalue weighted by Gasteiger charge is 2.06. The second-order valence-corrected chi connectivity index (χ2v) is 4.74. The summed E-state index contributed by atoms with van der Waals surface area (Å²) in [6.07, 6.45) is 0. The lowest BCUT2D eigenvalue weighted by Crippen LogP contribution is -2.27. The Kier molecular flexibility index (Phi) is 2.95. The molecule has 0 spiro atoms. The van der Waals surface area contributed by atoms with Gasteiger partial charge < -0.3 is 10.2 Å². The van der Waals surface area contributed by atoms with Crippen LogP contribution in [0.2, 0.25) is 0 Å². The summed E-state index contributed by atoms with van der Waals surface area (Å²) in [5, 5.41) is 2.80. The summed E-state index contributed by atoms with van der Waals surface area (Å²) in [5.74, 6) is 0. The summed E-state index contributed by atoms with van der Waals surface area (Å²) in [7, 11) is 3.40. The first-order valence-electron chi connectivity index (χ1n) is 6.28. The Bertz CT molecular complexity index is 798. The van der Waals surface area contributed by atoms with Gasteiger partial charge in [-0.25, -0.2) is 14.8 Å². The van der Waals surface area contributed by atoms with E-state index in [1.54, 1.807) is 14.1 Å². The maximum absolute atomic E-state index is 11.6. The maximum atomic E-state index is 11.6. The summed E-state index contributed by atoms with van der Waals surface area (Å²) in [4.78, 5) is 22.2. The van der Waals surface area contributed by atoms with Gasteiger partial charge in [-0.15, -0.1) is 0 Å². The average Bonchev–Trinajstić information content (AvgIpc) is 2.45. The number of carbonyl (C=O) groups is 1. The first-order valence-corrected chi connectivity index (χ1v) is 6.28. The van der Waals surface area contributed by atoms with E-state index in [9.17, 15) is 4.79 Å². The highest BCUT2D eigenvalue weighted by atomic mass is 16.2. The van der Waals surface area contributed by atoms with Crippen molar-refractivity contribution in [1.29, 1.82) is 0 Å². The normalized spacial score (nSPS) is 10.7. The predicted octanol–water partition coefficient (Wildman–Crippen LogP) is 2.88. The molecular formula is C15H14N4O. The molecule has 5 heteroatoms. The molecule has 20 heavy (non-hydrogen) atoms. The molecule has 1 heterocycles. The van der Waals surface area contributed by atoms with Crippen molar-refractivity contribution in [2.24, 2.45) is 0 Å². The number of fused-ring (bicyclic) bond motifs is 2. The van der Waals surface area contributed by atoms with Crippen molar-refractivity contribution < 1.29 is 4.79 Å². The summed E-state index contributed by atoms with van der Waals surface area (Å²) in [5.41, 5.74) is 3.99. The first-order chi connectivity index (χ1) is 9.63. The molecule has 2 aromatic carbocycles. The summed E-state index contributed by atoms with van der Waals surface area (Å²) in [6.45, 7) is 0. The lowest BCUT2D eigenvalue weighted by molar-refractivity contribution is 0.230. The molecule has 1 aromatic heterocycles. The molecule has 3 rings (SSSR count). The Balaban J connectivity index is 2.06. The number of carbonyl (C=O) groups excluding carboxylic acids is 1. The number of hydrogen-bond acceptors (Lipinski definition) is 3. The van der Waals surface area contributed by atoms with E-state index in [2.05, 4.69) is 15.3 Å². The first kappa shape index (κ1) is 12.3. The lowest BCUT2D eigenvalue weighted by Gasteiger charge is -2.12. The number of nitrogens with zero attached hydrogens (tertiary/aromatic N) is 3. The quantitative estimate of drug-likeness (QED) is 0.689. The summed E-state index contributed by atoms with van der Waals surface area (Å²) >= 11 is 0. The van der Waals surface area contributed by atoms with Crippen LogP contribution in [0.1, 0.15) is 0 Å². The van der Waals surface area contributed by atoms with Crippen molar-refractivity contribution in [3.63, 3.8) is 0 Å². The molecule has 100 valence electrons. The second kappa shape index (κ2) is 4.77. The van der Waals surface area contributed by atoms with E-state index in [1.165, 1.54) is 4.90 Å².